The Morgan fingerprint density at radius 1 is 1.00 bits per heavy atom. The average Bonchev–Trinajstić information content (AvgIpc) is 2.56. The molecule has 0 saturated carbocycles. The van der Waals surface area contributed by atoms with Crippen LogP contribution in [0.15, 0.2) is 36.4 Å². The Bertz CT molecular complexity index is 739. The maximum absolute atomic E-state index is 12.8. The van der Waals surface area contributed by atoms with Gasteiger partial charge in [0.05, 0.1) is 11.4 Å². The van der Waals surface area contributed by atoms with Gasteiger partial charge in [-0.3, -0.25) is 9.59 Å². The molecule has 2 aromatic rings. The third-order valence-corrected chi connectivity index (χ3v) is 3.55. The van der Waals surface area contributed by atoms with Gasteiger partial charge in [-0.15, -0.1) is 0 Å². The summed E-state index contributed by atoms with van der Waals surface area (Å²) >= 11 is 11.6. The highest BCUT2D eigenvalue weighted by Crippen LogP contribution is 2.16. The Balaban J connectivity index is 1.74. The number of halogens is 3. The van der Waals surface area contributed by atoms with Crippen molar-refractivity contribution in [3.8, 4) is 0 Å². The largest absolute Gasteiger partial charge is 0.354 e. The molecule has 0 saturated heterocycles. The van der Waals surface area contributed by atoms with E-state index >= 15 is 0 Å². The Morgan fingerprint density at radius 3 is 2.38 bits per heavy atom. The Morgan fingerprint density at radius 2 is 1.67 bits per heavy atom. The Hall–Kier alpha value is -2.18. The van der Waals surface area contributed by atoms with E-state index in [1.807, 2.05) is 0 Å². The van der Waals surface area contributed by atoms with E-state index in [0.717, 1.165) is 0 Å². The summed E-state index contributed by atoms with van der Waals surface area (Å²) in [6.07, 6.45) is 0.135. The van der Waals surface area contributed by atoms with Crippen LogP contribution in [0.25, 0.3) is 0 Å². The maximum atomic E-state index is 12.8. The topological polar surface area (TPSA) is 71.1 Å². The van der Waals surface area contributed by atoms with E-state index in [1.54, 1.807) is 12.1 Å². The highest BCUT2D eigenvalue weighted by atomic mass is 35.5. The summed E-state index contributed by atoms with van der Waals surface area (Å²) in [5.41, 5.74) is 0.731. The molecule has 0 fully saturated rings. The number of benzene rings is 1. The second-order valence-corrected chi connectivity index (χ2v) is 5.67. The minimum absolute atomic E-state index is 0.0294. The van der Waals surface area contributed by atoms with Gasteiger partial charge < -0.3 is 10.6 Å². The summed E-state index contributed by atoms with van der Waals surface area (Å²) in [7, 11) is 0. The Labute approximate surface area is 148 Å². The lowest BCUT2D eigenvalue weighted by atomic mass is 10.1. The van der Waals surface area contributed by atoms with Crippen molar-refractivity contribution in [1.29, 1.82) is 0 Å². The summed E-state index contributed by atoms with van der Waals surface area (Å²) < 4.78 is 12.8. The first-order valence-corrected chi connectivity index (χ1v) is 7.82. The summed E-state index contributed by atoms with van der Waals surface area (Å²) in [4.78, 5) is 27.5. The maximum Gasteiger partial charge on any atom is 0.271 e. The van der Waals surface area contributed by atoms with E-state index in [4.69, 9.17) is 23.2 Å². The molecule has 0 aliphatic heterocycles. The molecule has 2 N–H and O–H groups in total. The van der Waals surface area contributed by atoms with Crippen LogP contribution in [0.5, 0.6) is 0 Å². The number of hydrogen-bond donors (Lipinski definition) is 2. The van der Waals surface area contributed by atoms with Crippen molar-refractivity contribution < 1.29 is 14.0 Å². The van der Waals surface area contributed by atoms with E-state index < -0.39 is 5.91 Å². The third kappa shape index (κ3) is 5.47. The average molecular weight is 370 g/mol. The molecule has 1 aromatic carbocycles. The van der Waals surface area contributed by atoms with Crippen molar-refractivity contribution in [3.63, 3.8) is 0 Å². The van der Waals surface area contributed by atoms with Crippen LogP contribution in [0.2, 0.25) is 10.2 Å². The molecule has 0 atom stereocenters. The minimum atomic E-state index is -0.477. The fourth-order valence-corrected chi connectivity index (χ4v) is 2.23. The van der Waals surface area contributed by atoms with Gasteiger partial charge >= 0.3 is 0 Å². The van der Waals surface area contributed by atoms with Gasteiger partial charge in [0.25, 0.3) is 5.91 Å². The predicted molar refractivity (Wildman–Crippen MR) is 89.7 cm³/mol. The van der Waals surface area contributed by atoms with Gasteiger partial charge in [0.1, 0.15) is 16.7 Å². The monoisotopic (exact) mass is 369 g/mol. The molecule has 0 bridgehead atoms. The molecule has 126 valence electrons. The number of nitrogens with zero attached hydrogens (tertiary/aromatic N) is 1. The van der Waals surface area contributed by atoms with Crippen LogP contribution in [0.4, 0.5) is 4.39 Å². The molecule has 1 heterocycles. The highest BCUT2D eigenvalue weighted by molar-refractivity contribution is 6.34. The number of nitrogens with one attached hydrogen (secondary N) is 2. The molecule has 0 radical (unpaired) electrons. The van der Waals surface area contributed by atoms with Crippen molar-refractivity contribution in [2.24, 2.45) is 0 Å². The standard InChI is InChI=1S/C16H14Cl2FN3O2/c17-12-5-6-13(18)22-15(12)16(24)21-8-7-20-14(23)9-10-1-3-11(19)4-2-10/h1-6H,7-9H2,(H,20,23)(H,21,24). The quantitative estimate of drug-likeness (QED) is 0.607. The number of pyridine rings is 1. The van der Waals surface area contributed by atoms with Crippen LogP contribution in [-0.2, 0) is 11.2 Å². The molecule has 0 spiro atoms. The first-order valence-electron chi connectivity index (χ1n) is 7.07. The molecule has 2 rings (SSSR count). The SMILES string of the molecule is O=C(Cc1ccc(F)cc1)NCCNC(=O)c1nc(Cl)ccc1Cl. The second kappa shape index (κ2) is 8.61. The number of carbonyl (C=O) groups excluding carboxylic acids is 2. The zero-order valence-electron chi connectivity index (χ0n) is 12.5. The van der Waals surface area contributed by atoms with E-state index in [0.29, 0.717) is 5.56 Å². The lowest BCUT2D eigenvalue weighted by Gasteiger charge is -2.08. The number of carbonyl (C=O) groups is 2. The predicted octanol–water partition coefficient (Wildman–Crippen LogP) is 2.62. The molecular weight excluding hydrogens is 356 g/mol. The molecule has 0 aliphatic rings. The fraction of sp³-hybridized carbons (Fsp3) is 0.188. The van der Waals surface area contributed by atoms with Gasteiger partial charge in [0, 0.05) is 13.1 Å². The lowest BCUT2D eigenvalue weighted by Crippen LogP contribution is -2.35. The number of amides is 2. The van der Waals surface area contributed by atoms with Gasteiger partial charge in [-0.2, -0.15) is 0 Å². The summed E-state index contributed by atoms with van der Waals surface area (Å²) in [5.74, 6) is -1.06. The molecule has 5 nitrogen and oxygen atoms in total. The lowest BCUT2D eigenvalue weighted by molar-refractivity contribution is -0.120. The molecule has 2 amide bonds. The van der Waals surface area contributed by atoms with Crippen LogP contribution in [0, 0.1) is 5.82 Å². The number of aromatic nitrogens is 1. The number of rotatable bonds is 6. The van der Waals surface area contributed by atoms with Gasteiger partial charge in [-0.25, -0.2) is 9.37 Å². The fourth-order valence-electron chi connectivity index (χ4n) is 1.89. The molecule has 8 heteroatoms. The molecule has 1 aromatic heterocycles. The summed E-state index contributed by atoms with van der Waals surface area (Å²) in [6, 6.07) is 8.65. The van der Waals surface area contributed by atoms with Crippen molar-refractivity contribution in [2.45, 2.75) is 6.42 Å². The van der Waals surface area contributed by atoms with Crippen molar-refractivity contribution in [2.75, 3.05) is 13.1 Å². The molecule has 0 unspecified atom stereocenters. The third-order valence-electron chi connectivity index (χ3n) is 3.04. The van der Waals surface area contributed by atoms with Crippen molar-refractivity contribution in [3.05, 3.63) is 63.6 Å². The smallest absolute Gasteiger partial charge is 0.271 e. The van der Waals surface area contributed by atoms with Crippen molar-refractivity contribution >= 4 is 35.0 Å². The van der Waals surface area contributed by atoms with E-state index in [2.05, 4.69) is 15.6 Å². The van der Waals surface area contributed by atoms with Crippen molar-refractivity contribution in [1.82, 2.24) is 15.6 Å². The first-order chi connectivity index (χ1) is 11.5. The van der Waals surface area contributed by atoms with Crippen LogP contribution < -0.4 is 10.6 Å². The molecule has 0 aliphatic carbocycles. The van der Waals surface area contributed by atoms with Gasteiger partial charge in [0.15, 0.2) is 0 Å². The normalized spacial score (nSPS) is 10.3. The van der Waals surface area contributed by atoms with E-state index in [-0.39, 0.29) is 47.1 Å². The zero-order valence-corrected chi connectivity index (χ0v) is 14.0. The van der Waals surface area contributed by atoms with Gasteiger partial charge in [0.2, 0.25) is 5.91 Å². The Kier molecular flexibility index (Phi) is 6.52. The first kappa shape index (κ1) is 18.2. The zero-order chi connectivity index (χ0) is 17.5. The van der Waals surface area contributed by atoms with Gasteiger partial charge in [-0.1, -0.05) is 35.3 Å². The van der Waals surface area contributed by atoms with Crippen LogP contribution in [-0.4, -0.2) is 29.9 Å². The summed E-state index contributed by atoms with van der Waals surface area (Å²) in [6.45, 7) is 0.447. The molecular formula is C16H14Cl2FN3O2. The summed E-state index contributed by atoms with van der Waals surface area (Å²) in [5, 5.41) is 5.59. The minimum Gasteiger partial charge on any atom is -0.354 e. The number of hydrogen-bond acceptors (Lipinski definition) is 3. The van der Waals surface area contributed by atoms with E-state index in [9.17, 15) is 14.0 Å². The molecule has 24 heavy (non-hydrogen) atoms. The van der Waals surface area contributed by atoms with Gasteiger partial charge in [-0.05, 0) is 29.8 Å². The van der Waals surface area contributed by atoms with E-state index in [1.165, 1.54) is 24.3 Å². The van der Waals surface area contributed by atoms with Crippen LogP contribution in [0.1, 0.15) is 16.1 Å². The highest BCUT2D eigenvalue weighted by Gasteiger charge is 2.12. The second-order valence-electron chi connectivity index (χ2n) is 4.87. The van der Waals surface area contributed by atoms with Crippen LogP contribution >= 0.6 is 23.2 Å². The van der Waals surface area contributed by atoms with Crippen LogP contribution in [0.3, 0.4) is 0 Å².